The fourth-order valence-corrected chi connectivity index (χ4v) is 3.27. The Morgan fingerprint density at radius 2 is 1.74 bits per heavy atom. The van der Waals surface area contributed by atoms with Crippen molar-refractivity contribution in [3.63, 3.8) is 0 Å². The summed E-state index contributed by atoms with van der Waals surface area (Å²) >= 11 is 12.1. The van der Waals surface area contributed by atoms with Crippen molar-refractivity contribution >= 4 is 35.0 Å². The van der Waals surface area contributed by atoms with Gasteiger partial charge in [0.2, 0.25) is 5.91 Å². The van der Waals surface area contributed by atoms with E-state index in [1.165, 1.54) is 29.2 Å². The summed E-state index contributed by atoms with van der Waals surface area (Å²) in [6.07, 6.45) is 1.20. The van der Waals surface area contributed by atoms with Crippen molar-refractivity contribution in [1.29, 1.82) is 0 Å². The summed E-state index contributed by atoms with van der Waals surface area (Å²) < 4.78 is 18.6. The minimum absolute atomic E-state index is 0.0149. The lowest BCUT2D eigenvalue weighted by molar-refractivity contribution is -0.143. The van der Waals surface area contributed by atoms with E-state index in [4.69, 9.17) is 27.9 Å². The molecule has 0 saturated heterocycles. The van der Waals surface area contributed by atoms with Gasteiger partial charge in [-0.15, -0.1) is 0 Å². The Bertz CT molecular complexity index is 893. The van der Waals surface area contributed by atoms with E-state index >= 15 is 0 Å². The minimum Gasteiger partial charge on any atom is -0.484 e. The van der Waals surface area contributed by atoms with E-state index in [0.29, 0.717) is 22.2 Å². The smallest absolute Gasteiger partial charge is 0.261 e. The monoisotopic (exact) mass is 468 g/mol. The molecular formula is C23H27Cl2FN2O3. The molecule has 2 amide bonds. The Morgan fingerprint density at radius 1 is 1.06 bits per heavy atom. The summed E-state index contributed by atoms with van der Waals surface area (Å²) in [7, 11) is 0. The Balaban J connectivity index is 2.23. The van der Waals surface area contributed by atoms with Crippen molar-refractivity contribution in [2.45, 2.75) is 52.2 Å². The first kappa shape index (κ1) is 25.0. The van der Waals surface area contributed by atoms with Gasteiger partial charge in [-0.2, -0.15) is 0 Å². The van der Waals surface area contributed by atoms with Crippen LogP contribution in [0.1, 0.15) is 39.2 Å². The number of amides is 2. The molecule has 0 spiro atoms. The van der Waals surface area contributed by atoms with Crippen LogP contribution in [0.25, 0.3) is 0 Å². The van der Waals surface area contributed by atoms with E-state index < -0.39 is 11.9 Å². The van der Waals surface area contributed by atoms with Crippen LogP contribution in [0, 0.1) is 5.82 Å². The van der Waals surface area contributed by atoms with Gasteiger partial charge in [-0.3, -0.25) is 9.59 Å². The molecule has 2 rings (SSSR count). The summed E-state index contributed by atoms with van der Waals surface area (Å²) in [5, 5.41) is 3.71. The van der Waals surface area contributed by atoms with Gasteiger partial charge in [-0.05, 0) is 61.7 Å². The van der Waals surface area contributed by atoms with Crippen LogP contribution in [0.5, 0.6) is 5.75 Å². The van der Waals surface area contributed by atoms with Gasteiger partial charge < -0.3 is 15.0 Å². The average molecular weight is 469 g/mol. The van der Waals surface area contributed by atoms with Gasteiger partial charge in [0.05, 0.1) is 10.0 Å². The molecule has 5 nitrogen and oxygen atoms in total. The van der Waals surface area contributed by atoms with Crippen LogP contribution in [0.4, 0.5) is 4.39 Å². The third-order valence-electron chi connectivity index (χ3n) is 4.90. The van der Waals surface area contributed by atoms with Crippen LogP contribution >= 0.6 is 23.2 Å². The second-order valence-corrected chi connectivity index (χ2v) is 8.07. The number of rotatable bonds is 10. The maximum Gasteiger partial charge on any atom is 0.261 e. The molecule has 0 fully saturated rings. The molecule has 31 heavy (non-hydrogen) atoms. The number of nitrogens with zero attached hydrogens (tertiary/aromatic N) is 1. The fraction of sp³-hybridized carbons (Fsp3) is 0.391. The Kier molecular flexibility index (Phi) is 9.59. The average Bonchev–Trinajstić information content (AvgIpc) is 2.75. The summed E-state index contributed by atoms with van der Waals surface area (Å²) in [6.45, 7) is 5.60. The third-order valence-corrected chi connectivity index (χ3v) is 5.64. The molecule has 0 bridgehead atoms. The lowest BCUT2D eigenvalue weighted by Crippen LogP contribution is -2.51. The second-order valence-electron chi connectivity index (χ2n) is 7.25. The van der Waals surface area contributed by atoms with Crippen LogP contribution in [0.2, 0.25) is 10.0 Å². The van der Waals surface area contributed by atoms with E-state index in [9.17, 15) is 14.0 Å². The van der Waals surface area contributed by atoms with E-state index in [-0.39, 0.29) is 31.0 Å². The zero-order valence-corrected chi connectivity index (χ0v) is 19.3. The first-order valence-electron chi connectivity index (χ1n) is 10.2. The molecule has 2 atom stereocenters. The number of carbonyl (C=O) groups is 2. The lowest BCUT2D eigenvalue weighted by atomic mass is 10.1. The molecular weight excluding hydrogens is 442 g/mol. The molecule has 168 valence electrons. The van der Waals surface area contributed by atoms with Crippen molar-refractivity contribution in [2.24, 2.45) is 0 Å². The number of carbonyl (C=O) groups excluding carboxylic acids is 2. The molecule has 0 saturated carbocycles. The number of hydrogen-bond donors (Lipinski definition) is 1. The van der Waals surface area contributed by atoms with Gasteiger partial charge in [0.15, 0.2) is 6.61 Å². The standard InChI is InChI=1S/C23H27Cl2FN2O3/c1-4-15(3)27-23(30)21(5-2)28(13-16-6-11-19(24)20(25)12-16)22(29)14-31-18-9-7-17(26)8-10-18/h6-12,15,21H,4-5,13-14H2,1-3H3,(H,27,30). The van der Waals surface area contributed by atoms with Crippen molar-refractivity contribution in [1.82, 2.24) is 10.2 Å². The highest BCUT2D eigenvalue weighted by molar-refractivity contribution is 6.42. The Hall–Kier alpha value is -2.31. The highest BCUT2D eigenvalue weighted by Gasteiger charge is 2.29. The normalized spacial score (nSPS) is 12.7. The molecule has 1 N–H and O–H groups in total. The quantitative estimate of drug-likeness (QED) is 0.518. The van der Waals surface area contributed by atoms with E-state index in [1.54, 1.807) is 18.2 Å². The van der Waals surface area contributed by atoms with E-state index in [1.807, 2.05) is 20.8 Å². The van der Waals surface area contributed by atoms with E-state index in [0.717, 1.165) is 12.0 Å². The van der Waals surface area contributed by atoms with Gasteiger partial charge in [0, 0.05) is 12.6 Å². The first-order chi connectivity index (χ1) is 14.7. The molecule has 8 heteroatoms. The highest BCUT2D eigenvalue weighted by Crippen LogP contribution is 2.24. The Labute approximate surface area is 192 Å². The first-order valence-corrected chi connectivity index (χ1v) is 10.9. The molecule has 0 aliphatic heterocycles. The van der Waals surface area contributed by atoms with Crippen LogP contribution in [0.15, 0.2) is 42.5 Å². The summed E-state index contributed by atoms with van der Waals surface area (Å²) in [5.41, 5.74) is 0.735. The molecule has 0 radical (unpaired) electrons. The van der Waals surface area contributed by atoms with Gasteiger partial charge in [0.1, 0.15) is 17.6 Å². The van der Waals surface area contributed by atoms with Crippen LogP contribution < -0.4 is 10.1 Å². The molecule has 2 unspecified atom stereocenters. The van der Waals surface area contributed by atoms with Crippen molar-refractivity contribution in [3.05, 3.63) is 63.9 Å². The van der Waals surface area contributed by atoms with Crippen molar-refractivity contribution in [3.8, 4) is 5.75 Å². The summed E-state index contributed by atoms with van der Waals surface area (Å²) in [4.78, 5) is 27.4. The number of hydrogen-bond acceptors (Lipinski definition) is 3. The third kappa shape index (κ3) is 7.40. The maximum absolute atomic E-state index is 13.1. The second kappa shape index (κ2) is 11.9. The molecule has 2 aromatic rings. The fourth-order valence-electron chi connectivity index (χ4n) is 2.95. The van der Waals surface area contributed by atoms with Gasteiger partial charge in [0.25, 0.3) is 5.91 Å². The van der Waals surface area contributed by atoms with Crippen molar-refractivity contribution in [2.75, 3.05) is 6.61 Å². The minimum atomic E-state index is -0.687. The molecule has 2 aromatic carbocycles. The molecule has 0 aliphatic rings. The van der Waals surface area contributed by atoms with Gasteiger partial charge in [-0.1, -0.05) is 43.1 Å². The summed E-state index contributed by atoms with van der Waals surface area (Å²) in [5.74, 6) is -0.636. The topological polar surface area (TPSA) is 58.6 Å². The lowest BCUT2D eigenvalue weighted by Gasteiger charge is -2.31. The molecule has 0 heterocycles. The maximum atomic E-state index is 13.1. The summed E-state index contributed by atoms with van der Waals surface area (Å²) in [6, 6.07) is 9.77. The van der Waals surface area contributed by atoms with Crippen LogP contribution in [-0.4, -0.2) is 35.4 Å². The predicted molar refractivity (Wildman–Crippen MR) is 121 cm³/mol. The SMILES string of the molecule is CCC(C)NC(=O)C(CC)N(Cc1ccc(Cl)c(Cl)c1)C(=O)COc1ccc(F)cc1. The molecule has 0 aliphatic carbocycles. The van der Waals surface area contributed by atoms with Crippen molar-refractivity contribution < 1.29 is 18.7 Å². The van der Waals surface area contributed by atoms with Gasteiger partial charge in [-0.25, -0.2) is 4.39 Å². The number of halogens is 3. The zero-order valence-electron chi connectivity index (χ0n) is 17.8. The number of nitrogens with one attached hydrogen (secondary N) is 1. The highest BCUT2D eigenvalue weighted by atomic mass is 35.5. The Morgan fingerprint density at radius 3 is 2.32 bits per heavy atom. The predicted octanol–water partition coefficient (Wildman–Crippen LogP) is 5.23. The molecule has 0 aromatic heterocycles. The van der Waals surface area contributed by atoms with E-state index in [2.05, 4.69) is 5.32 Å². The van der Waals surface area contributed by atoms with Crippen LogP contribution in [0.3, 0.4) is 0 Å². The van der Waals surface area contributed by atoms with Crippen LogP contribution in [-0.2, 0) is 16.1 Å². The number of benzene rings is 2. The number of ether oxygens (including phenoxy) is 1. The zero-order chi connectivity index (χ0) is 23.0. The largest absolute Gasteiger partial charge is 0.484 e. The van der Waals surface area contributed by atoms with Gasteiger partial charge >= 0.3 is 0 Å².